The van der Waals surface area contributed by atoms with Crippen molar-refractivity contribution in [2.45, 2.75) is 32.3 Å². The van der Waals surface area contributed by atoms with Crippen molar-refractivity contribution in [2.24, 2.45) is 5.92 Å². The van der Waals surface area contributed by atoms with E-state index in [4.69, 9.17) is 11.6 Å². The molecular formula is C15H22ClNO3S. The molecule has 2 atom stereocenters. The van der Waals surface area contributed by atoms with Crippen LogP contribution in [0.5, 0.6) is 0 Å². The Bertz CT molecular complexity index is 603. The van der Waals surface area contributed by atoms with Crippen LogP contribution in [0.15, 0.2) is 18.2 Å². The van der Waals surface area contributed by atoms with Crippen molar-refractivity contribution in [2.75, 3.05) is 19.3 Å². The van der Waals surface area contributed by atoms with Gasteiger partial charge in [-0.25, -0.2) is 12.7 Å². The van der Waals surface area contributed by atoms with E-state index in [9.17, 15) is 13.5 Å². The Morgan fingerprint density at radius 3 is 2.81 bits per heavy atom. The normalized spacial score (nSPS) is 22.2. The average Bonchev–Trinajstić information content (AvgIpc) is 2.41. The molecule has 0 saturated carbocycles. The Hall–Kier alpha value is -0.620. The number of aryl methyl sites for hydroxylation is 1. The molecule has 0 aliphatic carbocycles. The number of aliphatic hydroxyl groups excluding tert-OH is 1. The molecule has 2 unspecified atom stereocenters. The highest BCUT2D eigenvalue weighted by Crippen LogP contribution is 2.29. The number of hydrogen-bond donors (Lipinski definition) is 1. The number of piperidine rings is 1. The maximum Gasteiger partial charge on any atom is 0.211 e. The fraction of sp³-hybridized carbons (Fsp3) is 0.600. The van der Waals surface area contributed by atoms with Crippen molar-refractivity contribution in [1.29, 1.82) is 0 Å². The zero-order valence-corrected chi connectivity index (χ0v) is 14.0. The van der Waals surface area contributed by atoms with Gasteiger partial charge >= 0.3 is 0 Å². The number of benzene rings is 1. The molecule has 1 aromatic rings. The largest absolute Gasteiger partial charge is 0.388 e. The van der Waals surface area contributed by atoms with E-state index in [2.05, 4.69) is 0 Å². The van der Waals surface area contributed by atoms with Crippen LogP contribution in [0.2, 0.25) is 5.02 Å². The minimum Gasteiger partial charge on any atom is -0.388 e. The molecule has 0 bridgehead atoms. The Labute approximate surface area is 131 Å². The molecule has 1 N–H and O–H groups in total. The Kier molecular flexibility index (Phi) is 5.30. The number of aliphatic hydroxyl groups is 1. The zero-order valence-electron chi connectivity index (χ0n) is 12.4. The first-order valence-corrected chi connectivity index (χ1v) is 9.39. The molecule has 1 aliphatic heterocycles. The van der Waals surface area contributed by atoms with Crippen LogP contribution < -0.4 is 0 Å². The molecule has 4 nitrogen and oxygen atoms in total. The number of halogens is 1. The summed E-state index contributed by atoms with van der Waals surface area (Å²) in [6, 6.07) is 5.51. The van der Waals surface area contributed by atoms with Crippen LogP contribution in [0.1, 0.15) is 36.5 Å². The van der Waals surface area contributed by atoms with Gasteiger partial charge < -0.3 is 5.11 Å². The van der Waals surface area contributed by atoms with Gasteiger partial charge in [0.05, 0.1) is 12.4 Å². The molecule has 1 aliphatic rings. The summed E-state index contributed by atoms with van der Waals surface area (Å²) in [4.78, 5) is 0. The van der Waals surface area contributed by atoms with Crippen molar-refractivity contribution in [3.63, 3.8) is 0 Å². The number of rotatable bonds is 4. The fourth-order valence-electron chi connectivity index (χ4n) is 2.85. The molecule has 1 fully saturated rings. The maximum absolute atomic E-state index is 11.6. The van der Waals surface area contributed by atoms with Gasteiger partial charge in [0.25, 0.3) is 0 Å². The third-order valence-corrected chi connectivity index (χ3v) is 5.77. The zero-order chi connectivity index (χ0) is 15.6. The van der Waals surface area contributed by atoms with Crippen LogP contribution in [0, 0.1) is 12.8 Å². The highest BCUT2D eigenvalue weighted by molar-refractivity contribution is 7.88. The van der Waals surface area contributed by atoms with Crippen molar-refractivity contribution in [3.05, 3.63) is 34.3 Å². The van der Waals surface area contributed by atoms with Gasteiger partial charge in [0.2, 0.25) is 10.0 Å². The second-order valence-electron chi connectivity index (χ2n) is 5.89. The molecule has 21 heavy (non-hydrogen) atoms. The van der Waals surface area contributed by atoms with Crippen LogP contribution in [-0.2, 0) is 10.0 Å². The first-order chi connectivity index (χ1) is 9.77. The Morgan fingerprint density at radius 1 is 1.48 bits per heavy atom. The summed E-state index contributed by atoms with van der Waals surface area (Å²) < 4.78 is 24.8. The van der Waals surface area contributed by atoms with Crippen molar-refractivity contribution in [1.82, 2.24) is 4.31 Å². The van der Waals surface area contributed by atoms with Gasteiger partial charge in [-0.3, -0.25) is 0 Å². The van der Waals surface area contributed by atoms with Crippen LogP contribution in [0.4, 0.5) is 0 Å². The van der Waals surface area contributed by atoms with E-state index in [0.717, 1.165) is 24.0 Å². The summed E-state index contributed by atoms with van der Waals surface area (Å²) in [6.45, 7) is 3.00. The minimum absolute atomic E-state index is 0.194. The van der Waals surface area contributed by atoms with Crippen LogP contribution >= 0.6 is 11.6 Å². The molecule has 118 valence electrons. The third kappa shape index (κ3) is 4.42. The second-order valence-corrected chi connectivity index (χ2v) is 8.28. The average molecular weight is 332 g/mol. The molecule has 0 aromatic heterocycles. The standard InChI is InChI=1S/C15H22ClNO3S/c1-11-8-13(5-6-14(11)16)15(18)9-12-4-3-7-17(10-12)21(2,19)20/h5-6,8,12,15,18H,3-4,7,9-10H2,1-2H3. The monoisotopic (exact) mass is 331 g/mol. The van der Waals surface area contributed by atoms with E-state index >= 15 is 0 Å². The molecule has 0 spiro atoms. The van der Waals surface area contributed by atoms with Gasteiger partial charge in [-0.2, -0.15) is 0 Å². The topological polar surface area (TPSA) is 57.6 Å². The second kappa shape index (κ2) is 6.65. The first-order valence-electron chi connectivity index (χ1n) is 7.16. The van der Waals surface area contributed by atoms with E-state index in [0.29, 0.717) is 24.5 Å². The van der Waals surface area contributed by atoms with E-state index in [1.54, 1.807) is 6.07 Å². The molecular weight excluding hydrogens is 310 g/mol. The van der Waals surface area contributed by atoms with Gasteiger partial charge in [-0.15, -0.1) is 0 Å². The fourth-order valence-corrected chi connectivity index (χ4v) is 3.91. The number of nitrogens with zero attached hydrogens (tertiary/aromatic N) is 1. The lowest BCUT2D eigenvalue weighted by molar-refractivity contribution is 0.123. The van der Waals surface area contributed by atoms with E-state index < -0.39 is 16.1 Å². The lowest BCUT2D eigenvalue weighted by Crippen LogP contribution is -2.39. The van der Waals surface area contributed by atoms with Gasteiger partial charge in [0.15, 0.2) is 0 Å². The molecule has 1 aromatic carbocycles. The predicted molar refractivity (Wildman–Crippen MR) is 84.9 cm³/mol. The first kappa shape index (κ1) is 16.7. The third-order valence-electron chi connectivity index (χ3n) is 4.07. The van der Waals surface area contributed by atoms with Crippen LogP contribution in [0.3, 0.4) is 0 Å². The molecule has 0 amide bonds. The number of hydrogen-bond acceptors (Lipinski definition) is 3. The highest BCUT2D eigenvalue weighted by Gasteiger charge is 2.27. The van der Waals surface area contributed by atoms with Crippen molar-refractivity contribution < 1.29 is 13.5 Å². The lowest BCUT2D eigenvalue weighted by atomic mass is 9.90. The highest BCUT2D eigenvalue weighted by atomic mass is 35.5. The summed E-state index contributed by atoms with van der Waals surface area (Å²) in [5, 5.41) is 11.1. The summed E-state index contributed by atoms with van der Waals surface area (Å²) >= 11 is 5.99. The van der Waals surface area contributed by atoms with Crippen molar-refractivity contribution >= 4 is 21.6 Å². The summed E-state index contributed by atoms with van der Waals surface area (Å²) in [5.74, 6) is 0.194. The molecule has 0 radical (unpaired) electrons. The Morgan fingerprint density at radius 2 is 2.19 bits per heavy atom. The van der Waals surface area contributed by atoms with Crippen LogP contribution in [0.25, 0.3) is 0 Å². The maximum atomic E-state index is 11.6. The number of sulfonamides is 1. The van der Waals surface area contributed by atoms with Crippen molar-refractivity contribution in [3.8, 4) is 0 Å². The Balaban J connectivity index is 2.02. The molecule has 1 heterocycles. The summed E-state index contributed by atoms with van der Waals surface area (Å²) in [6.07, 6.45) is 3.05. The summed E-state index contributed by atoms with van der Waals surface area (Å²) in [7, 11) is -3.14. The quantitative estimate of drug-likeness (QED) is 0.923. The van der Waals surface area contributed by atoms with Gasteiger partial charge in [-0.05, 0) is 49.3 Å². The predicted octanol–water partition coefficient (Wildman–Crippen LogP) is 2.74. The van der Waals surface area contributed by atoms with E-state index in [1.807, 2.05) is 19.1 Å². The molecule has 1 saturated heterocycles. The van der Waals surface area contributed by atoms with E-state index in [-0.39, 0.29) is 5.92 Å². The molecule has 2 rings (SSSR count). The molecule has 6 heteroatoms. The van der Waals surface area contributed by atoms with Gasteiger partial charge in [-0.1, -0.05) is 23.7 Å². The SMILES string of the molecule is Cc1cc(C(O)CC2CCCN(S(C)(=O)=O)C2)ccc1Cl. The van der Waals surface area contributed by atoms with Crippen LogP contribution in [-0.4, -0.2) is 37.2 Å². The van der Waals surface area contributed by atoms with E-state index in [1.165, 1.54) is 10.6 Å². The minimum atomic E-state index is -3.14. The summed E-state index contributed by atoms with van der Waals surface area (Å²) in [5.41, 5.74) is 1.78. The van der Waals surface area contributed by atoms with Gasteiger partial charge in [0, 0.05) is 18.1 Å². The van der Waals surface area contributed by atoms with Gasteiger partial charge in [0.1, 0.15) is 0 Å². The smallest absolute Gasteiger partial charge is 0.211 e. The lowest BCUT2D eigenvalue weighted by Gasteiger charge is -2.32.